The number of nitrogens with zero attached hydrogens (tertiary/aromatic N) is 2. The van der Waals surface area contributed by atoms with E-state index in [1.807, 2.05) is 0 Å². The van der Waals surface area contributed by atoms with Crippen molar-refractivity contribution < 1.29 is 14.3 Å². The summed E-state index contributed by atoms with van der Waals surface area (Å²) in [6.45, 7) is 1.05. The van der Waals surface area contributed by atoms with E-state index in [0.717, 1.165) is 29.2 Å². The Labute approximate surface area is 158 Å². The van der Waals surface area contributed by atoms with Crippen LogP contribution < -0.4 is 10.6 Å². The highest BCUT2D eigenvalue weighted by Gasteiger charge is 2.25. The molecule has 0 bridgehead atoms. The molecule has 1 aromatic heterocycles. The number of rotatable bonds is 9. The quantitative estimate of drug-likeness (QED) is 0.642. The summed E-state index contributed by atoms with van der Waals surface area (Å²) in [6.07, 6.45) is 6.58. The molecule has 1 aliphatic heterocycles. The molecule has 7 nitrogen and oxygen atoms in total. The van der Waals surface area contributed by atoms with E-state index < -0.39 is 0 Å². The number of hydrogen-bond donors (Lipinski definition) is 2. The Hall–Kier alpha value is -1.54. The van der Waals surface area contributed by atoms with E-state index in [9.17, 15) is 9.59 Å². The molecule has 0 atom stereocenters. The molecule has 0 saturated heterocycles. The fourth-order valence-corrected chi connectivity index (χ4v) is 4.67. The van der Waals surface area contributed by atoms with Gasteiger partial charge < -0.3 is 15.4 Å². The molecule has 0 aromatic carbocycles. The lowest BCUT2D eigenvalue weighted by atomic mass is 10.0. The van der Waals surface area contributed by atoms with Crippen LogP contribution in [0, 0.1) is 5.92 Å². The van der Waals surface area contributed by atoms with E-state index in [2.05, 4.69) is 15.7 Å². The van der Waals surface area contributed by atoms with Gasteiger partial charge in [0.2, 0.25) is 11.8 Å². The fraction of sp³-hybridized carbons (Fsp3) is 0.722. The van der Waals surface area contributed by atoms with Gasteiger partial charge in [-0.2, -0.15) is 16.9 Å². The summed E-state index contributed by atoms with van der Waals surface area (Å²) < 4.78 is 6.58. The third-order valence-corrected chi connectivity index (χ3v) is 6.02. The zero-order valence-corrected chi connectivity index (χ0v) is 16.2. The van der Waals surface area contributed by atoms with Crippen LogP contribution in [0.5, 0.6) is 0 Å². The maximum Gasteiger partial charge on any atom is 0.241 e. The van der Waals surface area contributed by atoms with Gasteiger partial charge in [-0.05, 0) is 12.3 Å². The van der Waals surface area contributed by atoms with Crippen LogP contribution in [0.2, 0.25) is 0 Å². The van der Waals surface area contributed by atoms with E-state index in [4.69, 9.17) is 4.74 Å². The first-order chi connectivity index (χ1) is 12.7. The van der Waals surface area contributed by atoms with Crippen molar-refractivity contribution in [3.63, 3.8) is 0 Å². The third-order valence-electron chi connectivity index (χ3n) is 5.05. The van der Waals surface area contributed by atoms with Gasteiger partial charge in [0.25, 0.3) is 0 Å². The van der Waals surface area contributed by atoms with E-state index in [1.54, 1.807) is 23.6 Å². The second-order valence-electron chi connectivity index (χ2n) is 7.00. The van der Waals surface area contributed by atoms with Crippen molar-refractivity contribution in [2.45, 2.75) is 56.6 Å². The highest BCUT2D eigenvalue weighted by atomic mass is 32.2. The fourth-order valence-electron chi connectivity index (χ4n) is 3.63. The number of aromatic nitrogens is 2. The zero-order chi connectivity index (χ0) is 18.4. The van der Waals surface area contributed by atoms with Gasteiger partial charge in [0.05, 0.1) is 12.3 Å². The SMILES string of the molecule is COCCNC(=O)Cn1nc2c(c1NC(=O)CCC1CCCC1)CSC2. The lowest BCUT2D eigenvalue weighted by Crippen LogP contribution is -2.31. The van der Waals surface area contributed by atoms with Crippen LogP contribution >= 0.6 is 11.8 Å². The van der Waals surface area contributed by atoms with E-state index >= 15 is 0 Å². The van der Waals surface area contributed by atoms with Crippen molar-refractivity contribution in [2.75, 3.05) is 25.6 Å². The molecular formula is C18H28N4O3S. The number of methoxy groups -OCH3 is 1. The van der Waals surface area contributed by atoms with E-state index in [1.165, 1.54) is 25.7 Å². The number of nitrogens with one attached hydrogen (secondary N) is 2. The topological polar surface area (TPSA) is 85.2 Å². The lowest BCUT2D eigenvalue weighted by molar-refractivity contribution is -0.122. The van der Waals surface area contributed by atoms with Crippen molar-refractivity contribution >= 4 is 29.4 Å². The van der Waals surface area contributed by atoms with Crippen LogP contribution in [0.4, 0.5) is 5.82 Å². The molecule has 3 rings (SSSR count). The predicted octanol–water partition coefficient (Wildman–Crippen LogP) is 2.30. The molecule has 2 N–H and O–H groups in total. The number of anilines is 1. The van der Waals surface area contributed by atoms with Gasteiger partial charge in [-0.3, -0.25) is 9.59 Å². The molecule has 2 aliphatic rings. The Kier molecular flexibility index (Phi) is 6.96. The summed E-state index contributed by atoms with van der Waals surface area (Å²) >= 11 is 1.78. The second kappa shape index (κ2) is 9.41. The normalized spacial score (nSPS) is 16.7. The van der Waals surface area contributed by atoms with E-state index in [0.29, 0.717) is 31.3 Å². The highest BCUT2D eigenvalue weighted by Crippen LogP contribution is 2.35. The van der Waals surface area contributed by atoms with Crippen molar-refractivity contribution in [3.8, 4) is 0 Å². The third kappa shape index (κ3) is 5.01. The molecule has 0 spiro atoms. The standard InChI is InChI=1S/C18H28N4O3S/c1-25-9-8-19-17(24)10-22-18(14-11-26-12-15(14)21-22)20-16(23)7-6-13-4-2-3-5-13/h13H,2-12H2,1H3,(H,19,24)(H,20,23). The lowest BCUT2D eigenvalue weighted by Gasteiger charge is -2.12. The van der Waals surface area contributed by atoms with Crippen LogP contribution in [0.1, 0.15) is 49.8 Å². The van der Waals surface area contributed by atoms with Crippen molar-refractivity contribution in [3.05, 3.63) is 11.3 Å². The van der Waals surface area contributed by atoms with Crippen LogP contribution in [0.25, 0.3) is 0 Å². The van der Waals surface area contributed by atoms with Gasteiger partial charge in [-0.25, -0.2) is 4.68 Å². The monoisotopic (exact) mass is 380 g/mol. The van der Waals surface area contributed by atoms with Crippen LogP contribution in [-0.2, 0) is 32.4 Å². The largest absolute Gasteiger partial charge is 0.383 e. The van der Waals surface area contributed by atoms with Crippen LogP contribution in [0.3, 0.4) is 0 Å². The Morgan fingerprint density at radius 3 is 2.85 bits per heavy atom. The molecule has 144 valence electrons. The molecular weight excluding hydrogens is 352 g/mol. The minimum Gasteiger partial charge on any atom is -0.383 e. The second-order valence-corrected chi connectivity index (χ2v) is 7.99. The average molecular weight is 381 g/mol. The van der Waals surface area contributed by atoms with Crippen LogP contribution in [0.15, 0.2) is 0 Å². The molecule has 0 radical (unpaired) electrons. The number of hydrogen-bond acceptors (Lipinski definition) is 5. The van der Waals surface area contributed by atoms with Gasteiger partial charge >= 0.3 is 0 Å². The summed E-state index contributed by atoms with van der Waals surface area (Å²) in [6, 6.07) is 0. The Balaban J connectivity index is 1.59. The average Bonchev–Trinajstić information content (AvgIpc) is 3.33. The molecule has 2 amide bonds. The molecule has 1 saturated carbocycles. The summed E-state index contributed by atoms with van der Waals surface area (Å²) in [5.74, 6) is 2.95. The Morgan fingerprint density at radius 2 is 2.08 bits per heavy atom. The van der Waals surface area contributed by atoms with Crippen molar-refractivity contribution in [2.24, 2.45) is 5.92 Å². The Morgan fingerprint density at radius 1 is 1.27 bits per heavy atom. The molecule has 0 unspecified atom stereocenters. The first kappa shape index (κ1) is 19.2. The van der Waals surface area contributed by atoms with Crippen LogP contribution in [-0.4, -0.2) is 41.9 Å². The maximum atomic E-state index is 12.4. The predicted molar refractivity (Wildman–Crippen MR) is 102 cm³/mol. The highest BCUT2D eigenvalue weighted by molar-refractivity contribution is 7.98. The molecule has 8 heteroatoms. The first-order valence-electron chi connectivity index (χ1n) is 9.39. The number of fused-ring (bicyclic) bond motifs is 1. The summed E-state index contributed by atoms with van der Waals surface area (Å²) in [5.41, 5.74) is 2.04. The minimum absolute atomic E-state index is 0.0255. The first-order valence-corrected chi connectivity index (χ1v) is 10.5. The summed E-state index contributed by atoms with van der Waals surface area (Å²) in [7, 11) is 1.60. The van der Waals surface area contributed by atoms with Gasteiger partial charge in [0.1, 0.15) is 12.4 Å². The maximum absolute atomic E-state index is 12.4. The van der Waals surface area contributed by atoms with Gasteiger partial charge in [-0.15, -0.1) is 0 Å². The smallest absolute Gasteiger partial charge is 0.241 e. The number of carbonyl (C=O) groups is 2. The van der Waals surface area contributed by atoms with Gasteiger partial charge in [-0.1, -0.05) is 25.7 Å². The summed E-state index contributed by atoms with van der Waals surface area (Å²) in [5, 5.41) is 10.4. The molecule has 1 fully saturated rings. The van der Waals surface area contributed by atoms with Crippen molar-refractivity contribution in [1.29, 1.82) is 0 Å². The van der Waals surface area contributed by atoms with Crippen molar-refractivity contribution in [1.82, 2.24) is 15.1 Å². The minimum atomic E-state index is -0.127. The molecule has 1 aliphatic carbocycles. The molecule has 26 heavy (non-hydrogen) atoms. The zero-order valence-electron chi connectivity index (χ0n) is 15.4. The number of thioether (sulfide) groups is 1. The summed E-state index contributed by atoms with van der Waals surface area (Å²) in [4.78, 5) is 24.5. The number of carbonyl (C=O) groups excluding carboxylic acids is 2. The van der Waals surface area contributed by atoms with Gasteiger partial charge in [0.15, 0.2) is 0 Å². The van der Waals surface area contributed by atoms with Gasteiger partial charge in [0, 0.05) is 37.1 Å². The molecule has 2 heterocycles. The number of amides is 2. The van der Waals surface area contributed by atoms with E-state index in [-0.39, 0.29) is 18.4 Å². The number of ether oxygens (including phenoxy) is 1. The molecule has 1 aromatic rings. The Bertz CT molecular complexity index is 641.